The van der Waals surface area contributed by atoms with Gasteiger partial charge in [-0.25, -0.2) is 4.99 Å². The van der Waals surface area contributed by atoms with Gasteiger partial charge in [-0.1, -0.05) is 13.8 Å². The van der Waals surface area contributed by atoms with E-state index < -0.39 is 0 Å². The summed E-state index contributed by atoms with van der Waals surface area (Å²) in [5.74, 6) is 0.864. The van der Waals surface area contributed by atoms with Crippen molar-refractivity contribution in [3.05, 3.63) is 59.6 Å². The molecule has 1 heterocycles. The van der Waals surface area contributed by atoms with Gasteiger partial charge in [0.05, 0.1) is 12.8 Å². The van der Waals surface area contributed by atoms with Gasteiger partial charge in [-0.15, -0.1) is 0 Å². The Balaban J connectivity index is 2.12. The molecular formula is C21H22N2O4. The van der Waals surface area contributed by atoms with Crippen LogP contribution < -0.4 is 15.6 Å². The van der Waals surface area contributed by atoms with Gasteiger partial charge in [0.25, 0.3) is 5.91 Å². The number of hydrogen-bond donors (Lipinski definition) is 2. The monoisotopic (exact) mass is 366 g/mol. The average Bonchev–Trinajstić information content (AvgIpc) is 2.66. The lowest BCUT2D eigenvalue weighted by Gasteiger charge is -2.09. The molecule has 0 atom stereocenters. The average molecular weight is 366 g/mol. The van der Waals surface area contributed by atoms with Gasteiger partial charge in [0.1, 0.15) is 22.6 Å². The molecule has 0 fully saturated rings. The topological polar surface area (TPSA) is 84.1 Å². The van der Waals surface area contributed by atoms with Crippen LogP contribution in [0.5, 0.6) is 11.5 Å². The number of nitrogens with zero attached hydrogens (tertiary/aromatic N) is 1. The van der Waals surface area contributed by atoms with Crippen molar-refractivity contribution in [2.45, 2.75) is 13.8 Å². The summed E-state index contributed by atoms with van der Waals surface area (Å²) in [6, 6.07) is 13.6. The SMILES string of the molecule is COc1ccc(N=c2oc3cc(O)ccc3cc2C(=O)NCC(C)C)cc1. The summed E-state index contributed by atoms with van der Waals surface area (Å²) >= 11 is 0. The molecular weight excluding hydrogens is 344 g/mol. The summed E-state index contributed by atoms with van der Waals surface area (Å²) in [5.41, 5.74) is 1.59. The summed E-state index contributed by atoms with van der Waals surface area (Å²) in [7, 11) is 1.59. The van der Waals surface area contributed by atoms with Crippen LogP contribution in [0.4, 0.5) is 5.69 Å². The van der Waals surface area contributed by atoms with E-state index in [1.165, 1.54) is 6.07 Å². The number of carbonyl (C=O) groups excluding carboxylic acids is 1. The molecule has 2 N–H and O–H groups in total. The van der Waals surface area contributed by atoms with Crippen LogP contribution in [0.25, 0.3) is 11.0 Å². The number of hydrogen-bond acceptors (Lipinski definition) is 5. The first kappa shape index (κ1) is 18.5. The molecule has 3 aromatic rings. The minimum Gasteiger partial charge on any atom is -0.508 e. The first-order chi connectivity index (χ1) is 13.0. The van der Waals surface area contributed by atoms with Crippen molar-refractivity contribution < 1.29 is 19.1 Å². The van der Waals surface area contributed by atoms with Crippen molar-refractivity contribution in [1.29, 1.82) is 0 Å². The number of methoxy groups -OCH3 is 1. The molecule has 3 rings (SSSR count). The molecule has 6 heteroatoms. The second kappa shape index (κ2) is 7.95. The highest BCUT2D eigenvalue weighted by atomic mass is 16.5. The van der Waals surface area contributed by atoms with Gasteiger partial charge >= 0.3 is 0 Å². The van der Waals surface area contributed by atoms with Gasteiger partial charge < -0.3 is 19.6 Å². The largest absolute Gasteiger partial charge is 0.508 e. The lowest BCUT2D eigenvalue weighted by atomic mass is 10.1. The molecule has 0 unspecified atom stereocenters. The number of amides is 1. The molecule has 2 aromatic carbocycles. The maximum Gasteiger partial charge on any atom is 0.256 e. The van der Waals surface area contributed by atoms with Crippen molar-refractivity contribution in [2.24, 2.45) is 10.9 Å². The quantitative estimate of drug-likeness (QED) is 0.720. The van der Waals surface area contributed by atoms with Crippen LogP contribution in [0.3, 0.4) is 0 Å². The van der Waals surface area contributed by atoms with Crippen LogP contribution in [-0.4, -0.2) is 24.7 Å². The van der Waals surface area contributed by atoms with Crippen molar-refractivity contribution in [3.63, 3.8) is 0 Å². The molecule has 27 heavy (non-hydrogen) atoms. The van der Waals surface area contributed by atoms with Crippen molar-refractivity contribution >= 4 is 22.6 Å². The van der Waals surface area contributed by atoms with Gasteiger partial charge in [-0.05, 0) is 48.4 Å². The van der Waals surface area contributed by atoms with E-state index in [1.54, 1.807) is 49.6 Å². The second-order valence-corrected chi connectivity index (χ2v) is 6.60. The molecule has 0 aliphatic carbocycles. The highest BCUT2D eigenvalue weighted by Gasteiger charge is 2.13. The van der Waals surface area contributed by atoms with E-state index in [-0.39, 0.29) is 17.2 Å². The van der Waals surface area contributed by atoms with E-state index in [1.807, 2.05) is 13.8 Å². The molecule has 0 spiro atoms. The first-order valence-corrected chi connectivity index (χ1v) is 8.70. The van der Waals surface area contributed by atoms with E-state index >= 15 is 0 Å². The number of aromatic hydroxyl groups is 1. The Kier molecular flexibility index (Phi) is 5.45. The van der Waals surface area contributed by atoms with Gasteiger partial charge in [-0.2, -0.15) is 0 Å². The van der Waals surface area contributed by atoms with E-state index in [9.17, 15) is 9.90 Å². The Bertz CT molecular complexity index is 1020. The Labute approximate surface area is 157 Å². The number of ether oxygens (including phenoxy) is 1. The summed E-state index contributed by atoms with van der Waals surface area (Å²) in [5, 5.41) is 13.3. The fraction of sp³-hybridized carbons (Fsp3) is 0.238. The van der Waals surface area contributed by atoms with Crippen molar-refractivity contribution in [1.82, 2.24) is 5.32 Å². The van der Waals surface area contributed by atoms with Gasteiger partial charge in [0, 0.05) is 18.0 Å². The molecule has 0 saturated heterocycles. The Hall–Kier alpha value is -3.28. The standard InChI is InChI=1S/C21H22N2O4/c1-13(2)12-22-20(25)18-10-14-4-7-16(24)11-19(14)27-21(18)23-15-5-8-17(26-3)9-6-15/h4-11,13,24H,12H2,1-3H3,(H,22,25). The van der Waals surface area contributed by atoms with Gasteiger partial charge in [0.15, 0.2) is 0 Å². The number of nitrogens with one attached hydrogen (secondary N) is 1. The normalized spacial score (nSPS) is 11.8. The maximum atomic E-state index is 12.7. The lowest BCUT2D eigenvalue weighted by Crippen LogP contribution is -2.31. The molecule has 0 aliphatic heterocycles. The van der Waals surface area contributed by atoms with Crippen LogP contribution in [0.1, 0.15) is 24.2 Å². The minimum atomic E-state index is -0.255. The van der Waals surface area contributed by atoms with E-state index in [0.717, 1.165) is 0 Å². The molecule has 1 amide bonds. The third kappa shape index (κ3) is 4.47. The smallest absolute Gasteiger partial charge is 0.256 e. The molecule has 0 bridgehead atoms. The number of benzene rings is 2. The molecule has 0 radical (unpaired) electrons. The highest BCUT2D eigenvalue weighted by Crippen LogP contribution is 2.21. The van der Waals surface area contributed by atoms with E-state index in [2.05, 4.69) is 10.3 Å². The predicted octanol–water partition coefficient (Wildman–Crippen LogP) is 3.77. The number of carbonyl (C=O) groups is 1. The molecule has 140 valence electrons. The van der Waals surface area contributed by atoms with Gasteiger partial charge in [-0.3, -0.25) is 4.79 Å². The minimum absolute atomic E-state index is 0.0821. The van der Waals surface area contributed by atoms with Crippen LogP contribution in [0.2, 0.25) is 0 Å². The summed E-state index contributed by atoms with van der Waals surface area (Å²) in [6.45, 7) is 4.60. The molecule has 6 nitrogen and oxygen atoms in total. The van der Waals surface area contributed by atoms with Crippen LogP contribution >= 0.6 is 0 Å². The fourth-order valence-electron chi connectivity index (χ4n) is 2.52. The van der Waals surface area contributed by atoms with E-state index in [4.69, 9.17) is 9.15 Å². The molecule has 1 aromatic heterocycles. The lowest BCUT2D eigenvalue weighted by molar-refractivity contribution is 0.0945. The van der Waals surface area contributed by atoms with Crippen molar-refractivity contribution in [3.8, 4) is 11.5 Å². The van der Waals surface area contributed by atoms with Crippen LogP contribution in [0.15, 0.2) is 57.9 Å². The molecule has 0 saturated carbocycles. The highest BCUT2D eigenvalue weighted by molar-refractivity contribution is 5.96. The molecule has 0 aliphatic rings. The number of phenolic OH excluding ortho intramolecular Hbond substituents is 1. The summed E-state index contributed by atoms with van der Waals surface area (Å²) in [6.07, 6.45) is 0. The Morgan fingerprint density at radius 3 is 2.59 bits per heavy atom. The van der Waals surface area contributed by atoms with Crippen LogP contribution in [0, 0.1) is 5.92 Å². The summed E-state index contributed by atoms with van der Waals surface area (Å²) in [4.78, 5) is 17.2. The fourth-order valence-corrected chi connectivity index (χ4v) is 2.52. The van der Waals surface area contributed by atoms with Crippen molar-refractivity contribution in [2.75, 3.05) is 13.7 Å². The maximum absolute atomic E-state index is 12.7. The van der Waals surface area contributed by atoms with E-state index in [0.29, 0.717) is 40.4 Å². The number of phenols is 1. The van der Waals surface area contributed by atoms with Gasteiger partial charge in [0.2, 0.25) is 5.55 Å². The number of fused-ring (bicyclic) bond motifs is 1. The zero-order valence-corrected chi connectivity index (χ0v) is 15.5. The zero-order valence-electron chi connectivity index (χ0n) is 15.5. The Morgan fingerprint density at radius 2 is 1.93 bits per heavy atom. The zero-order chi connectivity index (χ0) is 19.4. The third-order valence-corrected chi connectivity index (χ3v) is 3.95. The second-order valence-electron chi connectivity index (χ2n) is 6.60. The third-order valence-electron chi connectivity index (χ3n) is 3.95. The predicted molar refractivity (Wildman–Crippen MR) is 103 cm³/mol. The van der Waals surface area contributed by atoms with Crippen LogP contribution in [-0.2, 0) is 0 Å². The Morgan fingerprint density at radius 1 is 1.19 bits per heavy atom. The number of rotatable bonds is 5. The first-order valence-electron chi connectivity index (χ1n) is 8.70. The summed E-state index contributed by atoms with van der Waals surface area (Å²) < 4.78 is 11.0.